The third kappa shape index (κ3) is 3.52. The first-order valence-corrected chi connectivity index (χ1v) is 8.99. The zero-order valence-corrected chi connectivity index (χ0v) is 15.6. The standard InChI is InChI=1S/C20H14Cl2N4O/c21-15-6-8-16(9-7-15)26-20(27)18(22)17(12-25-26)24-11-14-4-1-3-13-5-2-10-23-19(13)14/h1-10,12,24H,11H2. The maximum Gasteiger partial charge on any atom is 0.292 e. The normalized spacial score (nSPS) is 10.9. The predicted octanol–water partition coefficient (Wildman–Crippen LogP) is 4.70. The van der Waals surface area contributed by atoms with Crippen molar-refractivity contribution in [2.45, 2.75) is 6.54 Å². The molecular formula is C20H14Cl2N4O. The van der Waals surface area contributed by atoms with Crippen LogP contribution in [0.15, 0.2) is 71.8 Å². The van der Waals surface area contributed by atoms with E-state index in [2.05, 4.69) is 15.4 Å². The number of fused-ring (bicyclic) bond motifs is 1. The lowest BCUT2D eigenvalue weighted by Gasteiger charge is -2.11. The van der Waals surface area contributed by atoms with Gasteiger partial charge in [-0.3, -0.25) is 9.78 Å². The lowest BCUT2D eigenvalue weighted by Crippen LogP contribution is -2.22. The molecule has 4 aromatic rings. The predicted molar refractivity (Wildman–Crippen MR) is 109 cm³/mol. The van der Waals surface area contributed by atoms with Crippen LogP contribution < -0.4 is 10.9 Å². The van der Waals surface area contributed by atoms with Crippen LogP contribution in [0.4, 0.5) is 5.69 Å². The fraction of sp³-hybridized carbons (Fsp3) is 0.0500. The van der Waals surface area contributed by atoms with Crippen molar-refractivity contribution in [3.8, 4) is 5.69 Å². The quantitative estimate of drug-likeness (QED) is 0.542. The van der Waals surface area contributed by atoms with Crippen LogP contribution in [0.3, 0.4) is 0 Å². The lowest BCUT2D eigenvalue weighted by atomic mass is 10.1. The number of nitrogens with zero attached hydrogens (tertiary/aromatic N) is 3. The maximum atomic E-state index is 12.6. The Morgan fingerprint density at radius 2 is 1.78 bits per heavy atom. The van der Waals surface area contributed by atoms with Crippen molar-refractivity contribution >= 4 is 39.8 Å². The second-order valence-corrected chi connectivity index (χ2v) is 6.73. The van der Waals surface area contributed by atoms with Gasteiger partial charge in [0.1, 0.15) is 5.02 Å². The summed E-state index contributed by atoms with van der Waals surface area (Å²) < 4.78 is 1.24. The molecule has 0 unspecified atom stereocenters. The molecule has 27 heavy (non-hydrogen) atoms. The molecule has 0 aliphatic rings. The van der Waals surface area contributed by atoms with Crippen molar-refractivity contribution in [1.29, 1.82) is 0 Å². The molecule has 2 aromatic heterocycles. The molecule has 0 fully saturated rings. The number of aromatic nitrogens is 3. The van der Waals surface area contributed by atoms with E-state index in [0.29, 0.717) is 22.9 Å². The topological polar surface area (TPSA) is 59.8 Å². The SMILES string of the molecule is O=c1c(Cl)c(NCc2cccc3cccnc23)cnn1-c1ccc(Cl)cc1. The minimum absolute atomic E-state index is 0.0770. The van der Waals surface area contributed by atoms with Crippen molar-refractivity contribution in [3.63, 3.8) is 0 Å². The number of benzene rings is 2. The van der Waals surface area contributed by atoms with Crippen LogP contribution in [0.1, 0.15) is 5.56 Å². The lowest BCUT2D eigenvalue weighted by molar-refractivity contribution is 0.807. The third-order valence-corrected chi connectivity index (χ3v) is 4.79. The first kappa shape index (κ1) is 17.5. The van der Waals surface area contributed by atoms with Gasteiger partial charge in [0.25, 0.3) is 5.56 Å². The van der Waals surface area contributed by atoms with Gasteiger partial charge >= 0.3 is 0 Å². The van der Waals surface area contributed by atoms with Crippen LogP contribution in [0, 0.1) is 0 Å². The van der Waals surface area contributed by atoms with Crippen LogP contribution >= 0.6 is 23.2 Å². The van der Waals surface area contributed by atoms with E-state index >= 15 is 0 Å². The Bertz CT molecular complexity index is 1170. The number of hydrogen-bond donors (Lipinski definition) is 1. The summed E-state index contributed by atoms with van der Waals surface area (Å²) in [4.78, 5) is 17.0. The average molecular weight is 397 g/mol. The minimum atomic E-state index is -0.403. The molecule has 0 bridgehead atoms. The van der Waals surface area contributed by atoms with Crippen LogP contribution in [-0.2, 0) is 6.54 Å². The second-order valence-electron chi connectivity index (χ2n) is 5.91. The molecule has 7 heteroatoms. The van der Waals surface area contributed by atoms with Gasteiger partial charge in [-0.2, -0.15) is 9.78 Å². The van der Waals surface area contributed by atoms with E-state index in [4.69, 9.17) is 23.2 Å². The fourth-order valence-electron chi connectivity index (χ4n) is 2.82. The van der Waals surface area contributed by atoms with Crippen LogP contribution in [0.25, 0.3) is 16.6 Å². The van der Waals surface area contributed by atoms with Crippen molar-refractivity contribution in [1.82, 2.24) is 14.8 Å². The van der Waals surface area contributed by atoms with Gasteiger partial charge in [-0.25, -0.2) is 0 Å². The number of para-hydroxylation sites is 1. The highest BCUT2D eigenvalue weighted by atomic mass is 35.5. The highest BCUT2D eigenvalue weighted by Crippen LogP contribution is 2.21. The Hall–Kier alpha value is -2.89. The van der Waals surface area contributed by atoms with Crippen molar-refractivity contribution in [3.05, 3.63) is 93.0 Å². The highest BCUT2D eigenvalue weighted by Gasteiger charge is 2.11. The summed E-state index contributed by atoms with van der Waals surface area (Å²) in [5.41, 5.74) is 2.58. The van der Waals surface area contributed by atoms with Gasteiger partial charge in [0, 0.05) is 23.2 Å². The summed E-state index contributed by atoms with van der Waals surface area (Å²) in [6.07, 6.45) is 3.30. The van der Waals surface area contributed by atoms with Gasteiger partial charge in [-0.05, 0) is 35.9 Å². The molecule has 0 saturated heterocycles. The Kier molecular flexibility index (Phi) is 4.79. The van der Waals surface area contributed by atoms with Gasteiger partial charge in [0.15, 0.2) is 0 Å². The molecule has 0 amide bonds. The molecule has 0 spiro atoms. The molecule has 0 radical (unpaired) electrons. The summed E-state index contributed by atoms with van der Waals surface area (Å²) in [7, 11) is 0. The van der Waals surface area contributed by atoms with E-state index in [1.54, 1.807) is 30.5 Å². The molecule has 0 saturated carbocycles. The molecule has 0 atom stereocenters. The zero-order valence-electron chi connectivity index (χ0n) is 14.1. The Morgan fingerprint density at radius 3 is 2.59 bits per heavy atom. The number of anilines is 1. The number of rotatable bonds is 4. The molecule has 0 aliphatic heterocycles. The molecular weight excluding hydrogens is 383 g/mol. The zero-order chi connectivity index (χ0) is 18.8. The minimum Gasteiger partial charge on any atom is -0.378 e. The van der Waals surface area contributed by atoms with E-state index in [0.717, 1.165) is 16.5 Å². The largest absolute Gasteiger partial charge is 0.378 e. The average Bonchev–Trinajstić information content (AvgIpc) is 2.70. The van der Waals surface area contributed by atoms with Crippen LogP contribution in [-0.4, -0.2) is 14.8 Å². The molecule has 0 aliphatic carbocycles. The third-order valence-electron chi connectivity index (χ3n) is 4.18. The number of hydrogen-bond acceptors (Lipinski definition) is 4. The van der Waals surface area contributed by atoms with Gasteiger partial charge in [0.05, 0.1) is 23.1 Å². The summed E-state index contributed by atoms with van der Waals surface area (Å²) in [5, 5.41) is 9.11. The number of nitrogens with one attached hydrogen (secondary N) is 1. The first-order valence-electron chi connectivity index (χ1n) is 8.24. The molecule has 2 heterocycles. The second kappa shape index (κ2) is 7.39. The Labute approximate surface area is 165 Å². The van der Waals surface area contributed by atoms with Crippen molar-refractivity contribution in [2.75, 3.05) is 5.32 Å². The highest BCUT2D eigenvalue weighted by molar-refractivity contribution is 6.33. The molecule has 4 rings (SSSR count). The van der Waals surface area contributed by atoms with Gasteiger partial charge in [-0.1, -0.05) is 47.5 Å². The first-order chi connectivity index (χ1) is 13.1. The molecule has 2 aromatic carbocycles. The van der Waals surface area contributed by atoms with Gasteiger partial charge in [0.2, 0.25) is 0 Å². The number of pyridine rings is 1. The summed E-state index contributed by atoms with van der Waals surface area (Å²) >= 11 is 12.2. The number of halogens is 2. The Morgan fingerprint density at radius 1 is 1.00 bits per heavy atom. The molecule has 5 nitrogen and oxygen atoms in total. The monoisotopic (exact) mass is 396 g/mol. The molecule has 134 valence electrons. The summed E-state index contributed by atoms with van der Waals surface area (Å²) in [6.45, 7) is 0.472. The van der Waals surface area contributed by atoms with Crippen LogP contribution in [0.2, 0.25) is 10.0 Å². The van der Waals surface area contributed by atoms with Crippen LogP contribution in [0.5, 0.6) is 0 Å². The van der Waals surface area contributed by atoms with E-state index in [9.17, 15) is 4.79 Å². The van der Waals surface area contributed by atoms with E-state index in [1.165, 1.54) is 10.9 Å². The van der Waals surface area contributed by atoms with E-state index in [-0.39, 0.29) is 5.02 Å². The Balaban J connectivity index is 1.62. The van der Waals surface area contributed by atoms with Crippen molar-refractivity contribution < 1.29 is 0 Å². The maximum absolute atomic E-state index is 12.6. The van der Waals surface area contributed by atoms with Gasteiger partial charge < -0.3 is 5.32 Å². The van der Waals surface area contributed by atoms with E-state index < -0.39 is 5.56 Å². The van der Waals surface area contributed by atoms with E-state index in [1.807, 2.05) is 30.3 Å². The molecule has 1 N–H and O–H groups in total. The van der Waals surface area contributed by atoms with Gasteiger partial charge in [-0.15, -0.1) is 0 Å². The van der Waals surface area contributed by atoms with Crippen molar-refractivity contribution in [2.24, 2.45) is 0 Å². The fourth-order valence-corrected chi connectivity index (χ4v) is 3.14. The smallest absolute Gasteiger partial charge is 0.292 e. The summed E-state index contributed by atoms with van der Waals surface area (Å²) in [5.74, 6) is 0. The summed E-state index contributed by atoms with van der Waals surface area (Å²) in [6, 6.07) is 16.7.